The minimum atomic E-state index is 0.140. The Hall–Kier alpha value is -3.41. The van der Waals surface area contributed by atoms with Crippen LogP contribution in [-0.4, -0.2) is 16.6 Å². The van der Waals surface area contributed by atoms with Crippen LogP contribution in [0.3, 0.4) is 0 Å². The Kier molecular flexibility index (Phi) is 4.47. The Balaban J connectivity index is 1.65. The van der Waals surface area contributed by atoms with Crippen molar-refractivity contribution < 1.29 is 19.0 Å². The van der Waals surface area contributed by atoms with Crippen LogP contribution in [0, 0.1) is 0 Å². The van der Waals surface area contributed by atoms with Crippen molar-refractivity contribution in [2.24, 2.45) is 0 Å². The van der Waals surface area contributed by atoms with Gasteiger partial charge in [0.15, 0.2) is 12.0 Å². The summed E-state index contributed by atoms with van der Waals surface area (Å²) in [4.78, 5) is 6.18. The zero-order chi connectivity index (χ0) is 17.8. The number of anilines is 1. The van der Waals surface area contributed by atoms with Crippen LogP contribution >= 0.6 is 0 Å². The van der Waals surface area contributed by atoms with Crippen molar-refractivity contribution in [3.8, 4) is 17.1 Å². The molecule has 0 amide bonds. The first-order valence-electron chi connectivity index (χ1n) is 8.35. The maximum atomic E-state index is 10.0. The molecule has 0 spiro atoms. The second-order valence-corrected chi connectivity index (χ2v) is 5.88. The lowest BCUT2D eigenvalue weighted by atomic mass is 10.1. The molecule has 0 bridgehead atoms. The SMILES string of the molecule is Oc1ccccc1-c1cnc(N(CC2=CC=CCC2)C2=COC=CO2)o1. The quantitative estimate of drug-likeness (QED) is 0.859. The van der Waals surface area contributed by atoms with Gasteiger partial charge in [-0.05, 0) is 30.5 Å². The van der Waals surface area contributed by atoms with E-state index in [1.807, 2.05) is 12.1 Å². The lowest BCUT2D eigenvalue weighted by Gasteiger charge is -2.24. The summed E-state index contributed by atoms with van der Waals surface area (Å²) in [6, 6.07) is 7.35. The molecule has 6 nitrogen and oxygen atoms in total. The predicted octanol–water partition coefficient (Wildman–Crippen LogP) is 4.45. The Bertz CT molecular complexity index is 908. The van der Waals surface area contributed by atoms with Crippen LogP contribution in [0.1, 0.15) is 12.8 Å². The van der Waals surface area contributed by atoms with Gasteiger partial charge in [0, 0.05) is 0 Å². The number of phenols is 1. The van der Waals surface area contributed by atoms with Crippen molar-refractivity contribution in [1.29, 1.82) is 0 Å². The Morgan fingerprint density at radius 3 is 2.88 bits per heavy atom. The fraction of sp³-hybridized carbons (Fsp3) is 0.150. The van der Waals surface area contributed by atoms with E-state index < -0.39 is 0 Å². The van der Waals surface area contributed by atoms with Crippen LogP contribution in [0.15, 0.2) is 83.3 Å². The van der Waals surface area contributed by atoms with Crippen molar-refractivity contribution in [2.45, 2.75) is 12.8 Å². The van der Waals surface area contributed by atoms with Crippen LogP contribution in [0.2, 0.25) is 0 Å². The third-order valence-corrected chi connectivity index (χ3v) is 4.11. The first-order valence-corrected chi connectivity index (χ1v) is 8.35. The number of para-hydroxylation sites is 1. The summed E-state index contributed by atoms with van der Waals surface area (Å²) in [5, 5.41) is 10.0. The minimum absolute atomic E-state index is 0.140. The van der Waals surface area contributed by atoms with Gasteiger partial charge >= 0.3 is 6.01 Å². The van der Waals surface area contributed by atoms with Gasteiger partial charge < -0.3 is 19.0 Å². The highest BCUT2D eigenvalue weighted by Gasteiger charge is 2.23. The van der Waals surface area contributed by atoms with Crippen LogP contribution < -0.4 is 4.90 Å². The molecule has 0 unspecified atom stereocenters. The van der Waals surface area contributed by atoms with Crippen molar-refractivity contribution in [1.82, 2.24) is 4.98 Å². The van der Waals surface area contributed by atoms with Crippen LogP contribution in [0.5, 0.6) is 5.75 Å². The third kappa shape index (κ3) is 3.35. The highest BCUT2D eigenvalue weighted by atomic mass is 16.5. The topological polar surface area (TPSA) is 68.0 Å². The number of aromatic nitrogens is 1. The van der Waals surface area contributed by atoms with E-state index in [-0.39, 0.29) is 5.75 Å². The number of aromatic hydroxyl groups is 1. The van der Waals surface area contributed by atoms with E-state index in [1.165, 1.54) is 24.4 Å². The second kappa shape index (κ2) is 7.23. The monoisotopic (exact) mass is 350 g/mol. The summed E-state index contributed by atoms with van der Waals surface area (Å²) >= 11 is 0. The number of oxazole rings is 1. The molecule has 1 aliphatic carbocycles. The van der Waals surface area contributed by atoms with Crippen LogP contribution in [-0.2, 0) is 9.47 Å². The summed E-state index contributed by atoms with van der Waals surface area (Å²) in [6.45, 7) is 0.564. The van der Waals surface area contributed by atoms with E-state index in [0.717, 1.165) is 12.8 Å². The van der Waals surface area contributed by atoms with Gasteiger partial charge in [-0.2, -0.15) is 0 Å². The number of benzene rings is 1. The average Bonchev–Trinajstić information content (AvgIpc) is 3.17. The van der Waals surface area contributed by atoms with Crippen LogP contribution in [0.4, 0.5) is 6.01 Å². The zero-order valence-corrected chi connectivity index (χ0v) is 14.0. The Morgan fingerprint density at radius 1 is 1.19 bits per heavy atom. The van der Waals surface area contributed by atoms with E-state index in [9.17, 15) is 5.11 Å². The van der Waals surface area contributed by atoms with Crippen LogP contribution in [0.25, 0.3) is 11.3 Å². The van der Waals surface area contributed by atoms with Gasteiger partial charge in [0.25, 0.3) is 0 Å². The summed E-state index contributed by atoms with van der Waals surface area (Å²) < 4.78 is 16.7. The van der Waals surface area contributed by atoms with E-state index in [0.29, 0.717) is 29.8 Å². The van der Waals surface area contributed by atoms with Gasteiger partial charge in [0.05, 0.1) is 18.3 Å². The molecule has 1 N–H and O–H groups in total. The average molecular weight is 350 g/mol. The fourth-order valence-electron chi connectivity index (χ4n) is 2.81. The maximum absolute atomic E-state index is 10.0. The lowest BCUT2D eigenvalue weighted by Crippen LogP contribution is -2.27. The second-order valence-electron chi connectivity index (χ2n) is 5.88. The molecule has 0 saturated carbocycles. The number of allylic oxidation sites excluding steroid dienone is 3. The van der Waals surface area contributed by atoms with Gasteiger partial charge in [0.2, 0.25) is 5.88 Å². The molecule has 26 heavy (non-hydrogen) atoms. The first kappa shape index (κ1) is 16.1. The first-order chi connectivity index (χ1) is 12.8. The predicted molar refractivity (Wildman–Crippen MR) is 96.8 cm³/mol. The molecule has 4 rings (SSSR count). The standard InChI is InChI=1S/C20H18N2O4/c23-17-9-5-4-8-16(17)18-12-21-20(26-18)22(19-14-24-10-11-25-19)13-15-6-2-1-3-7-15/h1-2,4-6,8-12,14,23H,3,7,13H2. The lowest BCUT2D eigenvalue weighted by molar-refractivity contribution is 0.245. The highest BCUT2D eigenvalue weighted by molar-refractivity contribution is 5.65. The molecule has 2 aliphatic rings. The number of hydrogen-bond acceptors (Lipinski definition) is 6. The number of rotatable bonds is 5. The molecule has 0 fully saturated rings. The van der Waals surface area contributed by atoms with Crippen molar-refractivity contribution >= 4 is 6.01 Å². The molecule has 132 valence electrons. The molecule has 1 aliphatic heterocycles. The van der Waals surface area contributed by atoms with E-state index in [4.69, 9.17) is 13.9 Å². The molecule has 0 radical (unpaired) electrons. The van der Waals surface area contributed by atoms with Crippen molar-refractivity contribution in [3.05, 3.63) is 78.9 Å². The normalized spacial score (nSPS) is 15.7. The maximum Gasteiger partial charge on any atom is 0.305 e. The molecule has 0 atom stereocenters. The highest BCUT2D eigenvalue weighted by Crippen LogP contribution is 2.33. The third-order valence-electron chi connectivity index (χ3n) is 4.11. The molecule has 6 heteroatoms. The summed E-state index contributed by atoms with van der Waals surface area (Å²) in [7, 11) is 0. The summed E-state index contributed by atoms with van der Waals surface area (Å²) in [5.74, 6) is 1.10. The fourth-order valence-corrected chi connectivity index (χ4v) is 2.81. The van der Waals surface area contributed by atoms with Gasteiger partial charge in [-0.25, -0.2) is 4.98 Å². The zero-order valence-electron chi connectivity index (χ0n) is 14.0. The number of nitrogens with zero attached hydrogens (tertiary/aromatic N) is 2. The summed E-state index contributed by atoms with van der Waals surface area (Å²) in [6.07, 6.45) is 14.2. The molecule has 1 aromatic carbocycles. The smallest absolute Gasteiger partial charge is 0.305 e. The van der Waals surface area contributed by atoms with Gasteiger partial charge in [-0.15, -0.1) is 0 Å². The van der Waals surface area contributed by atoms with E-state index in [2.05, 4.69) is 17.1 Å². The molecule has 2 aromatic rings. The van der Waals surface area contributed by atoms with Gasteiger partial charge in [-0.1, -0.05) is 30.4 Å². The molecular formula is C20H18N2O4. The minimum Gasteiger partial charge on any atom is -0.507 e. The van der Waals surface area contributed by atoms with Crippen molar-refractivity contribution in [3.63, 3.8) is 0 Å². The molecular weight excluding hydrogens is 332 g/mol. The van der Waals surface area contributed by atoms with E-state index >= 15 is 0 Å². The number of ether oxygens (including phenoxy) is 2. The van der Waals surface area contributed by atoms with Gasteiger partial charge in [0.1, 0.15) is 18.3 Å². The molecule has 1 aromatic heterocycles. The number of phenolic OH excluding ortho intramolecular Hbond substituents is 1. The van der Waals surface area contributed by atoms with Gasteiger partial charge in [-0.3, -0.25) is 4.90 Å². The van der Waals surface area contributed by atoms with E-state index in [1.54, 1.807) is 29.3 Å². The summed E-state index contributed by atoms with van der Waals surface area (Å²) in [5.41, 5.74) is 1.81. The Labute approximate surface area is 151 Å². The largest absolute Gasteiger partial charge is 0.507 e. The Morgan fingerprint density at radius 2 is 2.12 bits per heavy atom. The van der Waals surface area contributed by atoms with Crippen molar-refractivity contribution in [2.75, 3.05) is 11.4 Å². The molecule has 2 heterocycles. The molecule has 0 saturated heterocycles. The number of hydrogen-bond donors (Lipinski definition) is 1.